The third kappa shape index (κ3) is 5.63. The number of nitrogens with one attached hydrogen (secondary N) is 1. The van der Waals surface area contributed by atoms with Gasteiger partial charge in [-0.05, 0) is 12.1 Å². The lowest BCUT2D eigenvalue weighted by Gasteiger charge is -2.35. The Morgan fingerprint density at radius 2 is 1.91 bits per heavy atom. The summed E-state index contributed by atoms with van der Waals surface area (Å²) in [6.45, 7) is 2.25. The zero-order valence-electron chi connectivity index (χ0n) is 17.5. The lowest BCUT2D eigenvalue weighted by molar-refractivity contribution is 0.259. The van der Waals surface area contributed by atoms with Crippen molar-refractivity contribution < 1.29 is 12.9 Å². The summed E-state index contributed by atoms with van der Waals surface area (Å²) in [5.41, 5.74) is 1.38. The van der Waals surface area contributed by atoms with Crippen LogP contribution in [0.25, 0.3) is 5.69 Å². The highest BCUT2D eigenvalue weighted by Crippen LogP contribution is 2.13. The van der Waals surface area contributed by atoms with Gasteiger partial charge in [0.05, 0.1) is 12.2 Å². The Morgan fingerprint density at radius 1 is 1.16 bits per heavy atom. The van der Waals surface area contributed by atoms with E-state index in [0.29, 0.717) is 44.4 Å². The molecule has 1 N–H and O–H groups in total. The van der Waals surface area contributed by atoms with Crippen LogP contribution in [0.5, 0.6) is 0 Å². The maximum atomic E-state index is 12.6. The summed E-state index contributed by atoms with van der Waals surface area (Å²) in [6.07, 6.45) is 3.05. The van der Waals surface area contributed by atoms with E-state index in [1.807, 2.05) is 39.8 Å². The molecule has 1 aliphatic heterocycles. The summed E-state index contributed by atoms with van der Waals surface area (Å²) in [7, 11) is -1.74. The number of hydrogen-bond donors (Lipinski definition) is 1. The number of aliphatic imine (C=N–C) groups is 1. The number of para-hydroxylation sites is 1. The molecule has 0 radical (unpaired) electrons. The van der Waals surface area contributed by atoms with Crippen molar-refractivity contribution in [3.05, 3.63) is 60.5 Å². The highest BCUT2D eigenvalue weighted by Gasteiger charge is 2.29. The average Bonchev–Trinajstić information content (AvgIpc) is 3.47. The van der Waals surface area contributed by atoms with Crippen molar-refractivity contribution in [1.82, 2.24) is 34.4 Å². The second-order valence-electron chi connectivity index (χ2n) is 6.99. The summed E-state index contributed by atoms with van der Waals surface area (Å²) in [4.78, 5) is 6.38. The predicted molar refractivity (Wildman–Crippen MR) is 129 cm³/mol. The molecular formula is C19H25IN8O3S. The lowest BCUT2D eigenvalue weighted by Crippen LogP contribution is -2.53. The maximum Gasteiger partial charge on any atom is 0.220 e. The van der Waals surface area contributed by atoms with Gasteiger partial charge in [0.25, 0.3) is 0 Å². The Balaban J connectivity index is 0.00000289. The zero-order chi connectivity index (χ0) is 21.7. The summed E-state index contributed by atoms with van der Waals surface area (Å²) < 4.78 is 33.4. The molecule has 0 bridgehead atoms. The van der Waals surface area contributed by atoms with E-state index in [0.717, 1.165) is 11.5 Å². The summed E-state index contributed by atoms with van der Waals surface area (Å²) in [5, 5.41) is 15.2. The van der Waals surface area contributed by atoms with Crippen molar-refractivity contribution in [3.8, 4) is 5.69 Å². The second kappa shape index (κ2) is 10.9. The third-order valence-electron chi connectivity index (χ3n) is 5.02. The molecule has 32 heavy (non-hydrogen) atoms. The van der Waals surface area contributed by atoms with Gasteiger partial charge in [0.2, 0.25) is 10.0 Å². The Bertz CT molecular complexity index is 1110. The molecular weight excluding hydrogens is 547 g/mol. The zero-order valence-corrected chi connectivity index (χ0v) is 20.7. The van der Waals surface area contributed by atoms with Crippen LogP contribution in [0.15, 0.2) is 58.5 Å². The molecule has 0 amide bonds. The predicted octanol–water partition coefficient (Wildman–Crippen LogP) is 1.10. The van der Waals surface area contributed by atoms with Crippen molar-refractivity contribution in [2.24, 2.45) is 4.99 Å². The Hall–Kier alpha value is -2.52. The summed E-state index contributed by atoms with van der Waals surface area (Å²) in [5.74, 6) is 1.28. The van der Waals surface area contributed by atoms with Crippen molar-refractivity contribution in [2.45, 2.75) is 12.3 Å². The molecule has 0 spiro atoms. The SMILES string of the molecule is CN=C(NCc1nncn1-c1ccccc1)N1CCN(S(=O)(=O)Cc2ccon2)CC1.I. The number of sulfonamides is 1. The standard InChI is InChI=1S/C19H24N8O3S.HI/c1-20-19(21-13-18-23-22-15-27(18)17-5-3-2-4-6-17)25-8-10-26(11-9-25)31(28,29)14-16-7-12-30-24-16;/h2-7,12,15H,8-11,13-14H2,1H3,(H,20,21);1H. The molecule has 0 saturated carbocycles. The van der Waals surface area contributed by atoms with E-state index < -0.39 is 10.0 Å². The number of halogens is 1. The quantitative estimate of drug-likeness (QED) is 0.265. The molecule has 3 aromatic rings. The van der Waals surface area contributed by atoms with Gasteiger partial charge in [0.15, 0.2) is 11.8 Å². The lowest BCUT2D eigenvalue weighted by atomic mass is 10.3. The molecule has 1 aromatic carbocycles. The Labute approximate surface area is 203 Å². The van der Waals surface area contributed by atoms with E-state index in [9.17, 15) is 8.42 Å². The first-order valence-electron chi connectivity index (χ1n) is 9.84. The van der Waals surface area contributed by atoms with Crippen molar-refractivity contribution in [1.29, 1.82) is 0 Å². The molecule has 4 rings (SSSR count). The number of hydrogen-bond acceptors (Lipinski definition) is 7. The minimum absolute atomic E-state index is 0. The fraction of sp³-hybridized carbons (Fsp3) is 0.368. The monoisotopic (exact) mass is 572 g/mol. The first-order valence-corrected chi connectivity index (χ1v) is 11.4. The molecule has 1 saturated heterocycles. The van der Waals surface area contributed by atoms with Crippen molar-refractivity contribution in [2.75, 3.05) is 33.2 Å². The van der Waals surface area contributed by atoms with Crippen LogP contribution >= 0.6 is 24.0 Å². The van der Waals surface area contributed by atoms with Gasteiger partial charge in [-0.3, -0.25) is 9.56 Å². The first-order chi connectivity index (χ1) is 15.1. The molecule has 2 aromatic heterocycles. The molecule has 0 aliphatic carbocycles. The van der Waals surface area contributed by atoms with Gasteiger partial charge >= 0.3 is 0 Å². The van der Waals surface area contributed by atoms with E-state index in [1.54, 1.807) is 19.4 Å². The van der Waals surface area contributed by atoms with Crippen molar-refractivity contribution >= 4 is 40.0 Å². The molecule has 0 unspecified atom stereocenters. The summed E-state index contributed by atoms with van der Waals surface area (Å²) in [6, 6.07) is 11.4. The fourth-order valence-corrected chi connectivity index (χ4v) is 4.87. The number of benzene rings is 1. The van der Waals surface area contributed by atoms with Crippen LogP contribution in [-0.4, -0.2) is 76.7 Å². The summed E-state index contributed by atoms with van der Waals surface area (Å²) >= 11 is 0. The largest absolute Gasteiger partial charge is 0.364 e. The molecule has 1 fully saturated rings. The highest BCUT2D eigenvalue weighted by molar-refractivity contribution is 14.0. The third-order valence-corrected chi connectivity index (χ3v) is 6.83. The van der Waals surface area contributed by atoms with E-state index in [2.05, 4.69) is 25.7 Å². The number of rotatable bonds is 6. The van der Waals surface area contributed by atoms with E-state index >= 15 is 0 Å². The fourth-order valence-electron chi connectivity index (χ4n) is 3.44. The van der Waals surface area contributed by atoms with Crippen LogP contribution in [0.4, 0.5) is 0 Å². The minimum atomic E-state index is -3.44. The van der Waals surface area contributed by atoms with Crippen LogP contribution in [0.3, 0.4) is 0 Å². The van der Waals surface area contributed by atoms with Gasteiger partial charge in [-0.1, -0.05) is 23.4 Å². The van der Waals surface area contributed by atoms with Crippen LogP contribution < -0.4 is 5.32 Å². The highest BCUT2D eigenvalue weighted by atomic mass is 127. The van der Waals surface area contributed by atoms with Gasteiger partial charge in [-0.25, -0.2) is 8.42 Å². The van der Waals surface area contributed by atoms with Crippen LogP contribution in [0, 0.1) is 0 Å². The number of piperazine rings is 1. The number of guanidine groups is 1. The molecule has 172 valence electrons. The van der Waals surface area contributed by atoms with E-state index in [-0.39, 0.29) is 29.7 Å². The Morgan fingerprint density at radius 3 is 2.56 bits per heavy atom. The molecule has 11 nitrogen and oxygen atoms in total. The van der Waals surface area contributed by atoms with Gasteiger partial charge < -0.3 is 14.7 Å². The van der Waals surface area contributed by atoms with Crippen LogP contribution in [0.2, 0.25) is 0 Å². The van der Waals surface area contributed by atoms with Gasteiger partial charge in [-0.2, -0.15) is 4.31 Å². The number of nitrogens with zero attached hydrogens (tertiary/aromatic N) is 7. The second-order valence-corrected chi connectivity index (χ2v) is 8.96. The normalized spacial score (nSPS) is 15.4. The topological polar surface area (TPSA) is 122 Å². The van der Waals surface area contributed by atoms with Gasteiger partial charge in [-0.15, -0.1) is 34.2 Å². The van der Waals surface area contributed by atoms with Gasteiger partial charge in [0.1, 0.15) is 18.3 Å². The smallest absolute Gasteiger partial charge is 0.220 e. The average molecular weight is 572 g/mol. The maximum absolute atomic E-state index is 12.6. The van der Waals surface area contributed by atoms with Crippen LogP contribution in [-0.2, 0) is 22.3 Å². The van der Waals surface area contributed by atoms with Crippen molar-refractivity contribution in [3.63, 3.8) is 0 Å². The van der Waals surface area contributed by atoms with Gasteiger partial charge in [0, 0.05) is 45.0 Å². The number of aromatic nitrogens is 4. The first kappa shape index (κ1) is 24.1. The molecule has 3 heterocycles. The van der Waals surface area contributed by atoms with E-state index in [1.165, 1.54) is 10.6 Å². The van der Waals surface area contributed by atoms with E-state index in [4.69, 9.17) is 4.52 Å². The Kier molecular flexibility index (Phi) is 8.20. The molecule has 1 aliphatic rings. The molecule has 13 heteroatoms. The minimum Gasteiger partial charge on any atom is -0.364 e. The molecule has 0 atom stereocenters. The van der Waals surface area contributed by atoms with Crippen LogP contribution in [0.1, 0.15) is 11.5 Å².